The number of hydrogen-bond acceptors (Lipinski definition) is 3. The molecule has 0 aliphatic rings. The molecular weight excluding hydrogens is 228 g/mol. The molecule has 0 fully saturated rings. The Morgan fingerprint density at radius 2 is 1.94 bits per heavy atom. The lowest BCUT2D eigenvalue weighted by Gasteiger charge is -2.03. The fraction of sp³-hybridized carbons (Fsp3) is 0.231. The number of benzene rings is 1. The number of hydrogen-bond donors (Lipinski definition) is 2. The molecule has 0 aliphatic heterocycles. The highest BCUT2D eigenvalue weighted by Crippen LogP contribution is 2.07. The zero-order valence-electron chi connectivity index (χ0n) is 10.3. The van der Waals surface area contributed by atoms with Crippen molar-refractivity contribution in [1.29, 1.82) is 0 Å². The second-order valence-electron chi connectivity index (χ2n) is 4.12. The van der Waals surface area contributed by atoms with Crippen LogP contribution < -0.4 is 11.1 Å². The van der Waals surface area contributed by atoms with Crippen molar-refractivity contribution in [2.24, 2.45) is 12.8 Å². The standard InChI is InChI=1S/C13H16N4O/c1-17-7-6-12(16-17)15-13(18)8-10-2-4-11(9-14)5-3-10/h2-7H,8-9,14H2,1H3,(H,15,16,18). The van der Waals surface area contributed by atoms with Gasteiger partial charge in [0.2, 0.25) is 5.91 Å². The Kier molecular flexibility index (Phi) is 3.74. The van der Waals surface area contributed by atoms with Crippen LogP contribution >= 0.6 is 0 Å². The molecule has 5 nitrogen and oxygen atoms in total. The molecule has 0 unspecified atom stereocenters. The second-order valence-corrected chi connectivity index (χ2v) is 4.12. The van der Waals surface area contributed by atoms with Crippen LogP contribution in [0.15, 0.2) is 36.5 Å². The minimum absolute atomic E-state index is 0.0748. The summed E-state index contributed by atoms with van der Waals surface area (Å²) in [7, 11) is 1.81. The molecule has 0 aliphatic carbocycles. The maximum atomic E-state index is 11.8. The Morgan fingerprint density at radius 3 is 2.50 bits per heavy atom. The van der Waals surface area contributed by atoms with Crippen LogP contribution in [0.3, 0.4) is 0 Å². The molecule has 0 atom stereocenters. The molecule has 18 heavy (non-hydrogen) atoms. The summed E-state index contributed by atoms with van der Waals surface area (Å²) < 4.78 is 1.64. The largest absolute Gasteiger partial charge is 0.326 e. The third kappa shape index (κ3) is 3.18. The van der Waals surface area contributed by atoms with Crippen molar-refractivity contribution in [1.82, 2.24) is 9.78 Å². The summed E-state index contributed by atoms with van der Waals surface area (Å²) in [6.07, 6.45) is 2.12. The van der Waals surface area contributed by atoms with Crippen LogP contribution in [-0.2, 0) is 24.8 Å². The van der Waals surface area contributed by atoms with Crippen molar-refractivity contribution in [3.63, 3.8) is 0 Å². The number of rotatable bonds is 4. The Hall–Kier alpha value is -2.14. The number of carbonyl (C=O) groups excluding carboxylic acids is 1. The average Bonchev–Trinajstić information content (AvgIpc) is 2.75. The van der Waals surface area contributed by atoms with Crippen LogP contribution in [0.4, 0.5) is 5.82 Å². The third-order valence-electron chi connectivity index (χ3n) is 2.60. The summed E-state index contributed by atoms with van der Waals surface area (Å²) in [5, 5.41) is 6.83. The maximum Gasteiger partial charge on any atom is 0.229 e. The Balaban J connectivity index is 1.94. The molecule has 1 aromatic heterocycles. The van der Waals surface area contributed by atoms with Crippen molar-refractivity contribution in [3.8, 4) is 0 Å². The van der Waals surface area contributed by atoms with Gasteiger partial charge < -0.3 is 11.1 Å². The van der Waals surface area contributed by atoms with Crippen LogP contribution in [0.5, 0.6) is 0 Å². The van der Waals surface area contributed by atoms with Crippen molar-refractivity contribution < 1.29 is 4.79 Å². The molecule has 2 aromatic rings. The first-order chi connectivity index (χ1) is 8.67. The van der Waals surface area contributed by atoms with Gasteiger partial charge in [-0.1, -0.05) is 24.3 Å². The molecule has 1 aromatic carbocycles. The van der Waals surface area contributed by atoms with Gasteiger partial charge >= 0.3 is 0 Å². The lowest BCUT2D eigenvalue weighted by molar-refractivity contribution is -0.115. The van der Waals surface area contributed by atoms with E-state index >= 15 is 0 Å². The lowest BCUT2D eigenvalue weighted by Crippen LogP contribution is -2.15. The van der Waals surface area contributed by atoms with E-state index in [1.54, 1.807) is 24.0 Å². The van der Waals surface area contributed by atoms with Crippen LogP contribution in [0, 0.1) is 0 Å². The molecule has 1 heterocycles. The summed E-state index contributed by atoms with van der Waals surface area (Å²) >= 11 is 0. The number of aryl methyl sites for hydroxylation is 1. The Bertz CT molecular complexity index is 530. The summed E-state index contributed by atoms with van der Waals surface area (Å²) in [5.74, 6) is 0.496. The van der Waals surface area contributed by atoms with Crippen molar-refractivity contribution in [2.75, 3.05) is 5.32 Å². The maximum absolute atomic E-state index is 11.8. The highest BCUT2D eigenvalue weighted by atomic mass is 16.1. The van der Waals surface area contributed by atoms with E-state index in [0.29, 0.717) is 18.8 Å². The van der Waals surface area contributed by atoms with Crippen LogP contribution in [0.25, 0.3) is 0 Å². The zero-order valence-corrected chi connectivity index (χ0v) is 10.3. The first-order valence-electron chi connectivity index (χ1n) is 5.75. The van der Waals surface area contributed by atoms with Gasteiger partial charge in [0.1, 0.15) is 0 Å². The van der Waals surface area contributed by atoms with Crippen LogP contribution in [0.1, 0.15) is 11.1 Å². The number of carbonyl (C=O) groups is 1. The first-order valence-corrected chi connectivity index (χ1v) is 5.75. The van der Waals surface area contributed by atoms with Gasteiger partial charge in [-0.2, -0.15) is 5.10 Å². The Morgan fingerprint density at radius 1 is 1.28 bits per heavy atom. The molecule has 94 valence electrons. The molecular formula is C13H16N4O. The molecule has 2 rings (SSSR count). The van der Waals surface area contributed by atoms with Crippen LogP contribution in [0.2, 0.25) is 0 Å². The molecule has 1 amide bonds. The van der Waals surface area contributed by atoms with Gasteiger partial charge in [-0.05, 0) is 11.1 Å². The summed E-state index contributed by atoms with van der Waals surface area (Å²) in [5.41, 5.74) is 7.53. The zero-order chi connectivity index (χ0) is 13.0. The molecule has 0 radical (unpaired) electrons. The minimum Gasteiger partial charge on any atom is -0.326 e. The second kappa shape index (κ2) is 5.46. The van der Waals surface area contributed by atoms with E-state index in [1.807, 2.05) is 24.3 Å². The molecule has 0 bridgehead atoms. The molecule has 0 saturated heterocycles. The fourth-order valence-corrected chi connectivity index (χ4v) is 1.65. The van der Waals surface area contributed by atoms with Gasteiger partial charge in [0.05, 0.1) is 6.42 Å². The van der Waals surface area contributed by atoms with Gasteiger partial charge in [-0.3, -0.25) is 9.48 Å². The number of nitrogens with one attached hydrogen (secondary N) is 1. The van der Waals surface area contributed by atoms with Crippen LogP contribution in [-0.4, -0.2) is 15.7 Å². The highest BCUT2D eigenvalue weighted by molar-refractivity contribution is 5.91. The monoisotopic (exact) mass is 244 g/mol. The van der Waals surface area contributed by atoms with Gasteiger partial charge in [0, 0.05) is 25.9 Å². The minimum atomic E-state index is -0.0748. The van der Waals surface area contributed by atoms with E-state index < -0.39 is 0 Å². The number of anilines is 1. The number of aromatic nitrogens is 2. The molecule has 0 spiro atoms. The topological polar surface area (TPSA) is 72.9 Å². The van der Waals surface area contributed by atoms with Crippen molar-refractivity contribution in [2.45, 2.75) is 13.0 Å². The predicted octanol–water partition coefficient (Wildman–Crippen LogP) is 1.06. The van der Waals surface area contributed by atoms with Crippen molar-refractivity contribution >= 4 is 11.7 Å². The average molecular weight is 244 g/mol. The van der Waals surface area contributed by atoms with Gasteiger partial charge in [-0.15, -0.1) is 0 Å². The number of nitrogens with two attached hydrogens (primary N) is 1. The van der Waals surface area contributed by atoms with E-state index in [0.717, 1.165) is 11.1 Å². The predicted molar refractivity (Wildman–Crippen MR) is 69.9 cm³/mol. The fourth-order valence-electron chi connectivity index (χ4n) is 1.65. The number of amides is 1. The van der Waals surface area contributed by atoms with E-state index in [1.165, 1.54) is 0 Å². The van der Waals surface area contributed by atoms with E-state index in [9.17, 15) is 4.79 Å². The molecule has 5 heteroatoms. The third-order valence-corrected chi connectivity index (χ3v) is 2.60. The van der Waals surface area contributed by atoms with Gasteiger partial charge in [-0.25, -0.2) is 0 Å². The smallest absolute Gasteiger partial charge is 0.229 e. The van der Waals surface area contributed by atoms with Crippen molar-refractivity contribution in [3.05, 3.63) is 47.7 Å². The molecule has 3 N–H and O–H groups in total. The van der Waals surface area contributed by atoms with E-state index in [2.05, 4.69) is 10.4 Å². The summed E-state index contributed by atoms with van der Waals surface area (Å²) in [6.45, 7) is 0.514. The lowest BCUT2D eigenvalue weighted by atomic mass is 10.1. The van der Waals surface area contributed by atoms with E-state index in [-0.39, 0.29) is 5.91 Å². The van der Waals surface area contributed by atoms with E-state index in [4.69, 9.17) is 5.73 Å². The highest BCUT2D eigenvalue weighted by Gasteiger charge is 2.05. The first kappa shape index (κ1) is 12.3. The van der Waals surface area contributed by atoms with Gasteiger partial charge in [0.15, 0.2) is 5.82 Å². The quantitative estimate of drug-likeness (QED) is 0.844. The Labute approximate surface area is 106 Å². The summed E-state index contributed by atoms with van der Waals surface area (Å²) in [6, 6.07) is 9.46. The van der Waals surface area contributed by atoms with Gasteiger partial charge in [0.25, 0.3) is 0 Å². The normalized spacial score (nSPS) is 10.3. The molecule has 0 saturated carbocycles. The number of nitrogens with zero attached hydrogens (tertiary/aromatic N) is 2. The SMILES string of the molecule is Cn1ccc(NC(=O)Cc2ccc(CN)cc2)n1. The summed E-state index contributed by atoms with van der Waals surface area (Å²) in [4.78, 5) is 11.8.